The molecule has 2 aliphatic rings. The largest absolute Gasteiger partial charge is 0.481 e. The van der Waals surface area contributed by atoms with Gasteiger partial charge < -0.3 is 20.1 Å². The van der Waals surface area contributed by atoms with Gasteiger partial charge in [-0.2, -0.15) is 0 Å². The van der Waals surface area contributed by atoms with Crippen LogP contribution in [0.5, 0.6) is 0 Å². The van der Waals surface area contributed by atoms with E-state index in [0.29, 0.717) is 6.61 Å². The molecule has 0 bridgehead atoms. The van der Waals surface area contributed by atoms with Crippen LogP contribution in [0.4, 0.5) is 4.79 Å². The third-order valence-electron chi connectivity index (χ3n) is 3.66. The van der Waals surface area contributed by atoms with Gasteiger partial charge in [-0.15, -0.1) is 0 Å². The number of carbonyl (C=O) groups excluding carboxylic acids is 1. The van der Waals surface area contributed by atoms with Gasteiger partial charge in [-0.3, -0.25) is 4.79 Å². The fourth-order valence-electron chi connectivity index (χ4n) is 2.41. The second-order valence-corrected chi connectivity index (χ2v) is 5.72. The zero-order chi connectivity index (χ0) is 13.9. The Morgan fingerprint density at radius 1 is 1.47 bits per heavy atom. The third-order valence-corrected chi connectivity index (χ3v) is 3.66. The van der Waals surface area contributed by atoms with E-state index in [1.165, 1.54) is 0 Å². The molecule has 0 spiro atoms. The van der Waals surface area contributed by atoms with Crippen molar-refractivity contribution in [3.63, 3.8) is 0 Å². The first-order valence-corrected chi connectivity index (χ1v) is 6.88. The molecule has 0 aromatic rings. The van der Waals surface area contributed by atoms with E-state index >= 15 is 0 Å². The molecule has 1 aliphatic heterocycles. The Kier molecular flexibility index (Phi) is 4.29. The van der Waals surface area contributed by atoms with Crippen molar-refractivity contribution in [2.75, 3.05) is 19.8 Å². The summed E-state index contributed by atoms with van der Waals surface area (Å²) >= 11 is 0. The molecule has 0 aromatic carbocycles. The van der Waals surface area contributed by atoms with Crippen LogP contribution in [0, 0.1) is 0 Å². The van der Waals surface area contributed by atoms with Crippen molar-refractivity contribution in [1.82, 2.24) is 10.2 Å². The molecular formula is C13H22N2O4. The molecule has 19 heavy (non-hydrogen) atoms. The Hall–Kier alpha value is -1.30. The molecule has 108 valence electrons. The number of carboxylic acids is 1. The molecule has 6 heteroatoms. The van der Waals surface area contributed by atoms with Crippen LogP contribution in [-0.2, 0) is 9.53 Å². The highest BCUT2D eigenvalue weighted by Crippen LogP contribution is 2.28. The predicted octanol–water partition coefficient (Wildman–Crippen LogP) is 1.20. The van der Waals surface area contributed by atoms with E-state index in [2.05, 4.69) is 5.32 Å². The first-order chi connectivity index (χ1) is 9.00. The van der Waals surface area contributed by atoms with Gasteiger partial charge in [-0.05, 0) is 32.6 Å². The summed E-state index contributed by atoms with van der Waals surface area (Å²) < 4.78 is 5.41. The van der Waals surface area contributed by atoms with Gasteiger partial charge in [-0.1, -0.05) is 0 Å². The van der Waals surface area contributed by atoms with E-state index in [0.717, 1.165) is 32.3 Å². The summed E-state index contributed by atoms with van der Waals surface area (Å²) in [6, 6.07) is 0.0595. The van der Waals surface area contributed by atoms with E-state index in [1.54, 1.807) is 4.90 Å². The number of carboxylic acid groups (broad SMARTS) is 1. The average Bonchev–Trinajstić information content (AvgIpc) is 3.13. The summed E-state index contributed by atoms with van der Waals surface area (Å²) in [5.41, 5.74) is -0.328. The second kappa shape index (κ2) is 5.77. The third kappa shape index (κ3) is 4.09. The summed E-state index contributed by atoms with van der Waals surface area (Å²) in [6.45, 7) is 3.53. The molecule has 0 radical (unpaired) electrons. The molecule has 1 heterocycles. The maximum absolute atomic E-state index is 12.3. The Morgan fingerprint density at radius 3 is 2.74 bits per heavy atom. The number of hydrogen-bond acceptors (Lipinski definition) is 3. The lowest BCUT2D eigenvalue weighted by Crippen LogP contribution is -2.56. The highest BCUT2D eigenvalue weighted by molar-refractivity contribution is 5.76. The number of nitrogens with zero attached hydrogens (tertiary/aromatic N) is 1. The average molecular weight is 270 g/mol. The number of rotatable bonds is 5. The van der Waals surface area contributed by atoms with E-state index in [4.69, 9.17) is 9.84 Å². The minimum absolute atomic E-state index is 0.00284. The monoisotopic (exact) mass is 270 g/mol. The molecule has 1 unspecified atom stereocenters. The van der Waals surface area contributed by atoms with Gasteiger partial charge >= 0.3 is 12.0 Å². The zero-order valence-corrected chi connectivity index (χ0v) is 11.4. The molecule has 0 aromatic heterocycles. The zero-order valence-electron chi connectivity index (χ0n) is 11.4. The number of hydrogen-bond donors (Lipinski definition) is 2. The van der Waals surface area contributed by atoms with Gasteiger partial charge in [0.25, 0.3) is 0 Å². The fourth-order valence-corrected chi connectivity index (χ4v) is 2.41. The molecule has 1 atom stereocenters. The molecule has 1 saturated heterocycles. The quantitative estimate of drug-likeness (QED) is 0.787. The van der Waals surface area contributed by atoms with Crippen molar-refractivity contribution in [2.24, 2.45) is 0 Å². The molecule has 2 rings (SSSR count). The Balaban J connectivity index is 1.89. The summed E-state index contributed by atoms with van der Waals surface area (Å²) in [6.07, 6.45) is 3.78. The van der Waals surface area contributed by atoms with Crippen molar-refractivity contribution >= 4 is 12.0 Å². The van der Waals surface area contributed by atoms with E-state index < -0.39 is 5.97 Å². The van der Waals surface area contributed by atoms with Crippen molar-refractivity contribution in [2.45, 2.75) is 50.6 Å². The molecule has 2 fully saturated rings. The summed E-state index contributed by atoms with van der Waals surface area (Å²) in [7, 11) is 0. The minimum Gasteiger partial charge on any atom is -0.481 e. The van der Waals surface area contributed by atoms with Gasteiger partial charge in [0, 0.05) is 19.2 Å². The molecule has 6 nitrogen and oxygen atoms in total. The summed E-state index contributed by atoms with van der Waals surface area (Å²) in [5.74, 6) is -0.870. The number of ether oxygens (including phenoxy) is 1. The van der Waals surface area contributed by atoms with E-state index in [1.807, 2.05) is 6.92 Å². The van der Waals surface area contributed by atoms with Crippen LogP contribution in [0.25, 0.3) is 0 Å². The van der Waals surface area contributed by atoms with E-state index in [9.17, 15) is 9.59 Å². The van der Waals surface area contributed by atoms with Gasteiger partial charge in [0.2, 0.25) is 0 Å². The van der Waals surface area contributed by atoms with Crippen molar-refractivity contribution in [3.8, 4) is 0 Å². The van der Waals surface area contributed by atoms with Crippen LogP contribution in [0.1, 0.15) is 39.0 Å². The van der Waals surface area contributed by atoms with Crippen LogP contribution in [0.2, 0.25) is 0 Å². The number of amides is 2. The SMILES string of the molecule is CC1(NC(=O)N(CCC(=O)O)C2CC2)CCCOC1. The molecule has 1 aliphatic carbocycles. The molecule has 2 N–H and O–H groups in total. The molecule has 1 saturated carbocycles. The van der Waals surface area contributed by atoms with Gasteiger partial charge in [-0.25, -0.2) is 4.79 Å². The van der Waals surface area contributed by atoms with Crippen molar-refractivity contribution in [3.05, 3.63) is 0 Å². The van der Waals surface area contributed by atoms with Crippen LogP contribution < -0.4 is 5.32 Å². The van der Waals surface area contributed by atoms with Crippen molar-refractivity contribution in [1.29, 1.82) is 0 Å². The van der Waals surface area contributed by atoms with Gasteiger partial charge in [0.05, 0.1) is 18.6 Å². The molecular weight excluding hydrogens is 248 g/mol. The standard InChI is InChI=1S/C13H22N2O4/c1-13(6-2-8-19-9-13)14-12(18)15(10-3-4-10)7-5-11(16)17/h10H,2-9H2,1H3,(H,14,18)(H,16,17). The first-order valence-electron chi connectivity index (χ1n) is 6.88. The lowest BCUT2D eigenvalue weighted by atomic mass is 9.95. The van der Waals surface area contributed by atoms with Crippen LogP contribution in [0.15, 0.2) is 0 Å². The van der Waals surface area contributed by atoms with Gasteiger partial charge in [0.15, 0.2) is 0 Å². The number of carbonyl (C=O) groups is 2. The first kappa shape index (κ1) is 14.1. The Morgan fingerprint density at radius 2 is 2.21 bits per heavy atom. The summed E-state index contributed by atoms with van der Waals surface area (Å²) in [5, 5.41) is 11.7. The normalized spacial score (nSPS) is 26.8. The highest BCUT2D eigenvalue weighted by Gasteiger charge is 2.36. The molecule has 2 amide bonds. The smallest absolute Gasteiger partial charge is 0.318 e. The van der Waals surface area contributed by atoms with Crippen molar-refractivity contribution < 1.29 is 19.4 Å². The Labute approximate surface area is 113 Å². The van der Waals surface area contributed by atoms with E-state index in [-0.39, 0.29) is 30.6 Å². The lowest BCUT2D eigenvalue weighted by molar-refractivity contribution is -0.137. The fraction of sp³-hybridized carbons (Fsp3) is 0.846. The minimum atomic E-state index is -0.870. The number of urea groups is 1. The van der Waals surface area contributed by atoms with Crippen LogP contribution >= 0.6 is 0 Å². The lowest BCUT2D eigenvalue weighted by Gasteiger charge is -2.36. The number of aliphatic carboxylic acids is 1. The highest BCUT2D eigenvalue weighted by atomic mass is 16.5. The topological polar surface area (TPSA) is 78.9 Å². The maximum atomic E-state index is 12.3. The maximum Gasteiger partial charge on any atom is 0.318 e. The van der Waals surface area contributed by atoms with Gasteiger partial charge in [0.1, 0.15) is 0 Å². The van der Waals surface area contributed by atoms with Crippen LogP contribution in [-0.4, -0.2) is 53.3 Å². The Bertz CT molecular complexity index is 349. The second-order valence-electron chi connectivity index (χ2n) is 5.72. The van der Waals surface area contributed by atoms with Crippen LogP contribution in [0.3, 0.4) is 0 Å². The summed E-state index contributed by atoms with van der Waals surface area (Å²) in [4.78, 5) is 24.6. The predicted molar refractivity (Wildman–Crippen MR) is 69.0 cm³/mol. The number of nitrogens with one attached hydrogen (secondary N) is 1.